The minimum atomic E-state index is -0.182. The van der Waals surface area contributed by atoms with Gasteiger partial charge >= 0.3 is 0 Å². The molecular formula is C17H19BrFNO. The molecule has 1 N–H and O–H groups in total. The van der Waals surface area contributed by atoms with Crippen LogP contribution in [0.1, 0.15) is 22.7 Å². The number of nitrogens with one attached hydrogen (secondary N) is 1. The van der Waals surface area contributed by atoms with E-state index in [1.807, 2.05) is 38.2 Å². The molecule has 0 radical (unpaired) electrons. The zero-order valence-corrected chi connectivity index (χ0v) is 14.0. The van der Waals surface area contributed by atoms with Gasteiger partial charge in [0.1, 0.15) is 11.6 Å². The van der Waals surface area contributed by atoms with Crippen molar-refractivity contribution >= 4 is 15.9 Å². The van der Waals surface area contributed by atoms with Gasteiger partial charge in [0.2, 0.25) is 0 Å². The van der Waals surface area contributed by atoms with Crippen molar-refractivity contribution in [3.8, 4) is 5.75 Å². The van der Waals surface area contributed by atoms with Crippen molar-refractivity contribution in [1.82, 2.24) is 5.32 Å². The summed E-state index contributed by atoms with van der Waals surface area (Å²) in [7, 11) is 3.49. The van der Waals surface area contributed by atoms with E-state index < -0.39 is 0 Å². The Hall–Kier alpha value is -1.39. The van der Waals surface area contributed by atoms with Crippen LogP contribution in [0.15, 0.2) is 40.9 Å². The standard InChI is InChI=1S/C17H19BrFNO/c1-11-4-7-16(19)14(8-11)17(20-2)10-12-9-13(21-3)5-6-15(12)18/h4-9,17,20H,10H2,1-3H3. The number of benzene rings is 2. The van der Waals surface area contributed by atoms with Gasteiger partial charge in [-0.2, -0.15) is 0 Å². The molecule has 112 valence electrons. The number of methoxy groups -OCH3 is 1. The number of likely N-dealkylation sites (N-methyl/N-ethyl adjacent to an activating group) is 1. The highest BCUT2D eigenvalue weighted by Crippen LogP contribution is 2.28. The fourth-order valence-corrected chi connectivity index (χ4v) is 2.76. The largest absolute Gasteiger partial charge is 0.497 e. The summed E-state index contributed by atoms with van der Waals surface area (Å²) < 4.78 is 20.3. The highest BCUT2D eigenvalue weighted by molar-refractivity contribution is 9.10. The van der Waals surface area contributed by atoms with E-state index in [1.54, 1.807) is 13.2 Å². The Kier molecular flexibility index (Phi) is 5.37. The van der Waals surface area contributed by atoms with Crippen molar-refractivity contribution in [2.24, 2.45) is 0 Å². The lowest BCUT2D eigenvalue weighted by molar-refractivity contribution is 0.413. The molecule has 1 unspecified atom stereocenters. The lowest BCUT2D eigenvalue weighted by atomic mass is 9.97. The smallest absolute Gasteiger partial charge is 0.128 e. The molecule has 2 aromatic rings. The average Bonchev–Trinajstić information content (AvgIpc) is 2.49. The highest BCUT2D eigenvalue weighted by atomic mass is 79.9. The Morgan fingerprint density at radius 1 is 1.24 bits per heavy atom. The van der Waals surface area contributed by atoms with E-state index in [9.17, 15) is 4.39 Å². The molecule has 2 rings (SSSR count). The summed E-state index contributed by atoms with van der Waals surface area (Å²) in [6.07, 6.45) is 0.675. The van der Waals surface area contributed by atoms with E-state index in [-0.39, 0.29) is 11.9 Å². The number of ether oxygens (including phenoxy) is 1. The van der Waals surface area contributed by atoms with Crippen molar-refractivity contribution in [1.29, 1.82) is 0 Å². The predicted molar refractivity (Wildman–Crippen MR) is 87.3 cm³/mol. The van der Waals surface area contributed by atoms with Gasteiger partial charge in [-0.25, -0.2) is 4.39 Å². The fraction of sp³-hybridized carbons (Fsp3) is 0.294. The molecule has 0 spiro atoms. The summed E-state index contributed by atoms with van der Waals surface area (Å²) in [5, 5.41) is 3.20. The van der Waals surface area contributed by atoms with E-state index in [2.05, 4.69) is 21.2 Å². The van der Waals surface area contributed by atoms with Crippen molar-refractivity contribution in [3.05, 3.63) is 63.4 Å². The number of hydrogen-bond donors (Lipinski definition) is 1. The quantitative estimate of drug-likeness (QED) is 0.861. The first-order valence-corrected chi connectivity index (χ1v) is 7.60. The summed E-state index contributed by atoms with van der Waals surface area (Å²) in [5.41, 5.74) is 2.82. The molecule has 0 amide bonds. The van der Waals surface area contributed by atoms with Crippen LogP contribution in [0.4, 0.5) is 4.39 Å². The first-order chi connectivity index (χ1) is 10.0. The second kappa shape index (κ2) is 7.05. The van der Waals surface area contributed by atoms with E-state index in [0.29, 0.717) is 12.0 Å². The number of halogens is 2. The highest BCUT2D eigenvalue weighted by Gasteiger charge is 2.16. The van der Waals surface area contributed by atoms with Crippen molar-refractivity contribution in [2.45, 2.75) is 19.4 Å². The van der Waals surface area contributed by atoms with Gasteiger partial charge in [-0.15, -0.1) is 0 Å². The van der Waals surface area contributed by atoms with Gasteiger partial charge in [0.25, 0.3) is 0 Å². The van der Waals surface area contributed by atoms with Crippen LogP contribution in [0.3, 0.4) is 0 Å². The normalized spacial score (nSPS) is 12.2. The average molecular weight is 352 g/mol. The molecule has 1 atom stereocenters. The van der Waals surface area contributed by atoms with Gasteiger partial charge in [-0.3, -0.25) is 0 Å². The van der Waals surface area contributed by atoms with Crippen LogP contribution in [0, 0.1) is 12.7 Å². The third kappa shape index (κ3) is 3.83. The zero-order valence-electron chi connectivity index (χ0n) is 12.4. The molecule has 0 bridgehead atoms. The van der Waals surface area contributed by atoms with Gasteiger partial charge in [-0.05, 0) is 50.2 Å². The lowest BCUT2D eigenvalue weighted by Crippen LogP contribution is -2.20. The van der Waals surface area contributed by atoms with Crippen molar-refractivity contribution < 1.29 is 9.13 Å². The molecule has 0 aliphatic carbocycles. The SMILES string of the molecule is CNC(Cc1cc(OC)ccc1Br)c1cc(C)ccc1F. The topological polar surface area (TPSA) is 21.3 Å². The summed E-state index contributed by atoms with van der Waals surface area (Å²) in [6.45, 7) is 1.97. The van der Waals surface area contributed by atoms with Crippen LogP contribution < -0.4 is 10.1 Å². The second-order valence-corrected chi connectivity index (χ2v) is 5.88. The maximum atomic E-state index is 14.1. The Morgan fingerprint density at radius 3 is 2.67 bits per heavy atom. The monoisotopic (exact) mass is 351 g/mol. The number of hydrogen-bond acceptors (Lipinski definition) is 2. The summed E-state index contributed by atoms with van der Waals surface area (Å²) in [5.74, 6) is 0.617. The second-order valence-electron chi connectivity index (χ2n) is 5.03. The molecule has 0 aliphatic rings. The van der Waals surface area contributed by atoms with E-state index in [4.69, 9.17) is 4.74 Å². The molecule has 0 aliphatic heterocycles. The Morgan fingerprint density at radius 2 is 2.00 bits per heavy atom. The molecule has 0 fully saturated rings. The van der Waals surface area contributed by atoms with Crippen LogP contribution >= 0.6 is 15.9 Å². The summed E-state index contributed by atoms with van der Waals surface area (Å²) in [6, 6.07) is 10.9. The van der Waals surface area contributed by atoms with Crippen LogP contribution in [0.25, 0.3) is 0 Å². The molecule has 2 aromatic carbocycles. The van der Waals surface area contributed by atoms with Crippen LogP contribution in [-0.4, -0.2) is 14.2 Å². The van der Waals surface area contributed by atoms with Gasteiger partial charge in [0.15, 0.2) is 0 Å². The minimum absolute atomic E-state index is 0.0895. The predicted octanol–water partition coefficient (Wildman–Crippen LogP) is 4.41. The molecule has 0 saturated carbocycles. The van der Waals surface area contributed by atoms with Gasteiger partial charge in [0.05, 0.1) is 7.11 Å². The Labute approximate surface area is 133 Å². The maximum absolute atomic E-state index is 14.1. The van der Waals surface area contributed by atoms with Crippen molar-refractivity contribution in [3.63, 3.8) is 0 Å². The molecule has 2 nitrogen and oxygen atoms in total. The van der Waals surface area contributed by atoms with Gasteiger partial charge in [-0.1, -0.05) is 33.6 Å². The Balaban J connectivity index is 2.33. The number of rotatable bonds is 5. The molecule has 0 aromatic heterocycles. The fourth-order valence-electron chi connectivity index (χ4n) is 2.35. The summed E-state index contributed by atoms with van der Waals surface area (Å²) in [4.78, 5) is 0. The van der Waals surface area contributed by atoms with Gasteiger partial charge in [0, 0.05) is 16.1 Å². The van der Waals surface area contributed by atoms with Crippen LogP contribution in [-0.2, 0) is 6.42 Å². The van der Waals surface area contributed by atoms with Gasteiger partial charge < -0.3 is 10.1 Å². The van der Waals surface area contributed by atoms with Crippen LogP contribution in [0.2, 0.25) is 0 Å². The van der Waals surface area contributed by atoms with Crippen molar-refractivity contribution in [2.75, 3.05) is 14.2 Å². The number of aryl methyl sites for hydroxylation is 1. The third-order valence-corrected chi connectivity index (χ3v) is 4.33. The molecule has 21 heavy (non-hydrogen) atoms. The van der Waals surface area contributed by atoms with Crippen LogP contribution in [0.5, 0.6) is 5.75 Å². The Bertz CT molecular complexity index is 630. The van der Waals surface area contributed by atoms with E-state index in [1.165, 1.54) is 6.07 Å². The first kappa shape index (κ1) is 16.0. The van der Waals surface area contributed by atoms with E-state index in [0.717, 1.165) is 21.3 Å². The first-order valence-electron chi connectivity index (χ1n) is 6.81. The maximum Gasteiger partial charge on any atom is 0.128 e. The lowest BCUT2D eigenvalue weighted by Gasteiger charge is -2.19. The van der Waals surface area contributed by atoms with E-state index >= 15 is 0 Å². The minimum Gasteiger partial charge on any atom is -0.497 e. The molecule has 4 heteroatoms. The summed E-state index contributed by atoms with van der Waals surface area (Å²) >= 11 is 3.55. The molecule has 0 heterocycles. The third-order valence-electron chi connectivity index (χ3n) is 3.55. The molecule has 0 saturated heterocycles. The molecular weight excluding hydrogens is 333 g/mol. The zero-order chi connectivity index (χ0) is 15.4.